The Morgan fingerprint density at radius 1 is 1.08 bits per heavy atom. The first-order chi connectivity index (χ1) is 5.55. The fourth-order valence-corrected chi connectivity index (χ4v) is 2.95. The van der Waals surface area contributed by atoms with E-state index in [4.69, 9.17) is 24.7 Å². The highest BCUT2D eigenvalue weighted by molar-refractivity contribution is 7.70. The number of hydrogen-bond donors (Lipinski definition) is 5. The van der Waals surface area contributed by atoms with Crippen LogP contribution in [0.5, 0.6) is 0 Å². The molecule has 0 aromatic carbocycles. The maximum atomic E-state index is 10.5. The van der Waals surface area contributed by atoms with E-state index in [-0.39, 0.29) is 0 Å². The van der Waals surface area contributed by atoms with Gasteiger partial charge in [-0.15, -0.1) is 0 Å². The van der Waals surface area contributed by atoms with Crippen molar-refractivity contribution < 1.29 is 38.6 Å². The topological polar surface area (TPSA) is 152 Å². The summed E-state index contributed by atoms with van der Waals surface area (Å²) in [5, 5.41) is 5.66. The van der Waals surface area contributed by atoms with Crippen molar-refractivity contribution in [1.82, 2.24) is 0 Å². The molecular weight excluding hydrogens is 226 g/mol. The van der Waals surface area contributed by atoms with Crippen molar-refractivity contribution in [2.24, 2.45) is 0 Å². The van der Waals surface area contributed by atoms with E-state index in [0.717, 1.165) is 0 Å². The van der Waals surface area contributed by atoms with Crippen molar-refractivity contribution >= 4 is 21.2 Å². The van der Waals surface area contributed by atoms with Crippen LogP contribution < -0.4 is 0 Å². The lowest BCUT2D eigenvalue weighted by atomic mass is 10.5. The number of rotatable bonds is 4. The molecule has 0 fully saturated rings. The molecule has 0 aromatic heterocycles. The van der Waals surface area contributed by atoms with Gasteiger partial charge in [0, 0.05) is 0 Å². The highest BCUT2D eigenvalue weighted by atomic mass is 31.2. The molecule has 0 spiro atoms. The zero-order chi connectivity index (χ0) is 10.9. The Hall–Kier alpha value is -0.230. The fraction of sp³-hybridized carbons (Fsp3) is 0.667. The average molecular weight is 234 g/mol. The molecule has 0 unspecified atom stereocenters. The minimum atomic E-state index is -5.10. The van der Waals surface area contributed by atoms with Crippen LogP contribution in [0.25, 0.3) is 0 Å². The van der Waals surface area contributed by atoms with Crippen LogP contribution in [-0.2, 0) is 13.9 Å². The van der Waals surface area contributed by atoms with Gasteiger partial charge in [-0.05, 0) is 0 Å². The number of carboxylic acids is 1. The first kappa shape index (κ1) is 12.8. The lowest BCUT2D eigenvalue weighted by Gasteiger charge is -2.17. The molecule has 5 N–H and O–H groups in total. The Morgan fingerprint density at radius 3 is 1.46 bits per heavy atom. The van der Waals surface area contributed by atoms with E-state index >= 15 is 0 Å². The van der Waals surface area contributed by atoms with Gasteiger partial charge in [-0.25, -0.2) is 0 Å². The van der Waals surface area contributed by atoms with Gasteiger partial charge in [-0.1, -0.05) is 0 Å². The predicted octanol–water partition coefficient (Wildman–Crippen LogP) is -0.857. The van der Waals surface area contributed by atoms with Crippen LogP contribution in [0.15, 0.2) is 0 Å². The average Bonchev–Trinajstić information content (AvgIpc) is 1.77. The van der Waals surface area contributed by atoms with Crippen LogP contribution in [0, 0.1) is 0 Å². The monoisotopic (exact) mass is 234 g/mol. The second-order valence-electron chi connectivity index (χ2n) is 2.26. The molecule has 78 valence electrons. The smallest absolute Gasteiger partial charge is 0.341 e. The molecular formula is C3H8O8P2. The Labute approximate surface area is 72.5 Å². The van der Waals surface area contributed by atoms with Crippen molar-refractivity contribution in [2.75, 3.05) is 0 Å². The van der Waals surface area contributed by atoms with Crippen LogP contribution in [0.3, 0.4) is 0 Å². The highest BCUT2D eigenvalue weighted by Gasteiger charge is 2.44. The summed E-state index contributed by atoms with van der Waals surface area (Å²) >= 11 is 0. The van der Waals surface area contributed by atoms with Gasteiger partial charge in [-0.3, -0.25) is 13.9 Å². The lowest BCUT2D eigenvalue weighted by molar-refractivity contribution is -0.136. The quantitative estimate of drug-likeness (QED) is 0.394. The molecule has 0 atom stereocenters. The third kappa shape index (κ3) is 4.52. The van der Waals surface area contributed by atoms with Gasteiger partial charge in [0.15, 0.2) is 5.40 Å². The van der Waals surface area contributed by atoms with E-state index < -0.39 is 33.0 Å². The van der Waals surface area contributed by atoms with Crippen LogP contribution in [0.1, 0.15) is 6.42 Å². The lowest BCUT2D eigenvalue weighted by Crippen LogP contribution is -2.14. The second-order valence-corrected chi connectivity index (χ2v) is 6.27. The third-order valence-electron chi connectivity index (χ3n) is 1.13. The summed E-state index contributed by atoms with van der Waals surface area (Å²) in [7, 11) is -10.2. The van der Waals surface area contributed by atoms with Crippen molar-refractivity contribution in [3.63, 3.8) is 0 Å². The number of carbonyl (C=O) groups is 1. The number of carboxylic acid groups (broad SMARTS) is 1. The minimum absolute atomic E-state index is 1.27. The molecule has 0 aliphatic rings. The maximum absolute atomic E-state index is 10.5. The molecule has 0 saturated carbocycles. The van der Waals surface area contributed by atoms with Gasteiger partial charge in [-0.2, -0.15) is 0 Å². The molecule has 0 heterocycles. The summed E-state index contributed by atoms with van der Waals surface area (Å²) in [6.07, 6.45) is -1.27. The summed E-state index contributed by atoms with van der Waals surface area (Å²) in [6, 6.07) is 0. The van der Waals surface area contributed by atoms with Crippen LogP contribution >= 0.6 is 15.2 Å². The Bertz CT molecular complexity index is 262. The van der Waals surface area contributed by atoms with Crippen molar-refractivity contribution in [3.05, 3.63) is 0 Å². The first-order valence-electron chi connectivity index (χ1n) is 2.87. The van der Waals surface area contributed by atoms with E-state index in [9.17, 15) is 13.9 Å². The SMILES string of the molecule is O=C(O)CC(P(=O)(O)O)P(=O)(O)O. The molecule has 0 rings (SSSR count). The van der Waals surface area contributed by atoms with Gasteiger partial charge in [0.1, 0.15) is 0 Å². The van der Waals surface area contributed by atoms with Gasteiger partial charge in [0.2, 0.25) is 0 Å². The zero-order valence-corrected chi connectivity index (χ0v) is 7.93. The van der Waals surface area contributed by atoms with Crippen molar-refractivity contribution in [2.45, 2.75) is 11.8 Å². The second kappa shape index (κ2) is 3.88. The Balaban J connectivity index is 4.90. The van der Waals surface area contributed by atoms with Crippen LogP contribution in [0.2, 0.25) is 0 Å². The molecule has 0 saturated heterocycles. The third-order valence-corrected chi connectivity index (χ3v) is 4.86. The molecule has 0 bridgehead atoms. The van der Waals surface area contributed by atoms with E-state index in [1.807, 2.05) is 0 Å². The van der Waals surface area contributed by atoms with Gasteiger partial charge in [0.05, 0.1) is 6.42 Å². The van der Waals surface area contributed by atoms with Gasteiger partial charge >= 0.3 is 21.2 Å². The zero-order valence-electron chi connectivity index (χ0n) is 6.14. The fourth-order valence-electron chi connectivity index (χ4n) is 0.590. The normalized spacial score (nSPS) is 13.3. The summed E-state index contributed by atoms with van der Waals surface area (Å²) in [6.45, 7) is 0. The molecule has 0 aliphatic heterocycles. The number of aliphatic carboxylic acids is 1. The van der Waals surface area contributed by atoms with E-state index in [0.29, 0.717) is 0 Å². The van der Waals surface area contributed by atoms with Crippen molar-refractivity contribution in [1.29, 1.82) is 0 Å². The molecule has 10 heteroatoms. The van der Waals surface area contributed by atoms with Gasteiger partial charge < -0.3 is 24.7 Å². The molecule has 0 aromatic rings. The van der Waals surface area contributed by atoms with E-state index in [1.54, 1.807) is 0 Å². The molecule has 0 radical (unpaired) electrons. The minimum Gasteiger partial charge on any atom is -0.481 e. The number of hydrogen-bond acceptors (Lipinski definition) is 3. The first-order valence-corrected chi connectivity index (χ1v) is 6.23. The van der Waals surface area contributed by atoms with Crippen LogP contribution in [0.4, 0.5) is 0 Å². The standard InChI is InChI=1S/C3H8O8P2/c4-2(5)1-3(12(6,7)8)13(9,10)11/h3H,1H2,(H,4,5)(H2,6,7,8)(H2,9,10,11). The highest BCUT2D eigenvalue weighted by Crippen LogP contribution is 2.61. The Morgan fingerprint density at radius 2 is 1.38 bits per heavy atom. The van der Waals surface area contributed by atoms with Crippen LogP contribution in [-0.4, -0.2) is 36.0 Å². The Kier molecular flexibility index (Phi) is 3.81. The molecule has 13 heavy (non-hydrogen) atoms. The van der Waals surface area contributed by atoms with E-state index in [2.05, 4.69) is 0 Å². The molecule has 0 amide bonds. The predicted molar refractivity (Wildman–Crippen MR) is 40.1 cm³/mol. The summed E-state index contributed by atoms with van der Waals surface area (Å²) in [5.41, 5.74) is 0. The maximum Gasteiger partial charge on any atom is 0.341 e. The van der Waals surface area contributed by atoms with Gasteiger partial charge in [0.25, 0.3) is 0 Å². The molecule has 8 nitrogen and oxygen atoms in total. The molecule has 0 aliphatic carbocycles. The summed E-state index contributed by atoms with van der Waals surface area (Å²) < 4.78 is 20.9. The summed E-state index contributed by atoms with van der Waals surface area (Å²) in [4.78, 5) is 43.7. The van der Waals surface area contributed by atoms with E-state index in [1.165, 1.54) is 0 Å². The largest absolute Gasteiger partial charge is 0.481 e. The van der Waals surface area contributed by atoms with Crippen molar-refractivity contribution in [3.8, 4) is 0 Å². The summed E-state index contributed by atoms with van der Waals surface area (Å²) in [5.74, 6) is -1.68.